The zero-order chi connectivity index (χ0) is 13.3. The maximum atomic E-state index is 12.2. The van der Waals surface area contributed by atoms with Gasteiger partial charge in [0.1, 0.15) is 0 Å². The molecule has 0 spiro atoms. The number of rotatable bonds is 5. The molecule has 1 N–H and O–H groups in total. The van der Waals surface area contributed by atoms with E-state index in [1.165, 1.54) is 18.4 Å². The maximum absolute atomic E-state index is 12.2. The number of aliphatic hydroxyl groups is 1. The highest BCUT2D eigenvalue weighted by Gasteiger charge is 2.31. The number of hydrogen-bond donors (Lipinski definition) is 1. The predicted octanol–water partition coefficient (Wildman–Crippen LogP) is 1.25. The van der Waals surface area contributed by atoms with Crippen LogP contribution in [-0.2, 0) is 16.4 Å². The summed E-state index contributed by atoms with van der Waals surface area (Å²) >= 11 is 0. The van der Waals surface area contributed by atoms with Gasteiger partial charge >= 0.3 is 0 Å². The lowest BCUT2D eigenvalue weighted by Gasteiger charge is -2.17. The van der Waals surface area contributed by atoms with Crippen molar-refractivity contribution in [2.24, 2.45) is 5.92 Å². The molecule has 0 aliphatic heterocycles. The molecule has 100 valence electrons. The lowest BCUT2D eigenvalue weighted by atomic mass is 10.1. The fraction of sp³-hybridized carbons (Fsp3) is 0.538. The van der Waals surface area contributed by atoms with Crippen molar-refractivity contribution < 1.29 is 13.5 Å². The Morgan fingerprint density at radius 3 is 2.50 bits per heavy atom. The van der Waals surface area contributed by atoms with E-state index < -0.39 is 16.1 Å². The number of nitrogens with zero attached hydrogens (tertiary/aromatic N) is 1. The third kappa shape index (κ3) is 2.74. The third-order valence-electron chi connectivity index (χ3n) is 3.33. The minimum Gasteiger partial charge on any atom is -0.392 e. The largest absolute Gasteiger partial charge is 0.392 e. The lowest BCUT2D eigenvalue weighted by Crippen LogP contribution is -2.24. The van der Waals surface area contributed by atoms with Crippen molar-refractivity contribution in [2.45, 2.75) is 30.3 Å². The van der Waals surface area contributed by atoms with Crippen LogP contribution in [0.3, 0.4) is 0 Å². The topological polar surface area (TPSA) is 57.6 Å². The Balaban J connectivity index is 2.30. The van der Waals surface area contributed by atoms with E-state index in [-0.39, 0.29) is 0 Å². The van der Waals surface area contributed by atoms with Gasteiger partial charge in [-0.3, -0.25) is 0 Å². The molecule has 1 saturated carbocycles. The first-order valence-electron chi connectivity index (χ1n) is 6.11. The van der Waals surface area contributed by atoms with Crippen molar-refractivity contribution in [3.63, 3.8) is 0 Å². The molecule has 2 rings (SSSR count). The summed E-state index contributed by atoms with van der Waals surface area (Å²) < 4.78 is 25.5. The second-order valence-electron chi connectivity index (χ2n) is 5.00. The fourth-order valence-electron chi connectivity index (χ4n) is 1.99. The van der Waals surface area contributed by atoms with E-state index in [4.69, 9.17) is 0 Å². The molecule has 1 unspecified atom stereocenters. The number of hydrogen-bond acceptors (Lipinski definition) is 3. The second-order valence-corrected chi connectivity index (χ2v) is 7.12. The van der Waals surface area contributed by atoms with E-state index in [0.717, 1.165) is 12.8 Å². The fourth-order valence-corrected chi connectivity index (χ4v) is 3.12. The average Bonchev–Trinajstić information content (AvgIpc) is 3.13. The first-order valence-corrected chi connectivity index (χ1v) is 7.55. The summed E-state index contributed by atoms with van der Waals surface area (Å²) in [6.45, 7) is 0. The molecule has 1 aromatic rings. The molecular weight excluding hydrogens is 250 g/mol. The van der Waals surface area contributed by atoms with Crippen molar-refractivity contribution in [1.29, 1.82) is 0 Å². The van der Waals surface area contributed by atoms with Crippen LogP contribution in [0.25, 0.3) is 0 Å². The van der Waals surface area contributed by atoms with E-state index in [1.54, 1.807) is 18.2 Å². The van der Waals surface area contributed by atoms with Crippen LogP contribution in [0.1, 0.15) is 18.4 Å². The monoisotopic (exact) mass is 269 g/mol. The Morgan fingerprint density at radius 1 is 1.33 bits per heavy atom. The molecule has 0 amide bonds. The summed E-state index contributed by atoms with van der Waals surface area (Å²) in [4.78, 5) is 0.301. The minimum absolute atomic E-state index is 0.301. The molecule has 0 heterocycles. The number of aliphatic hydroxyl groups excluding tert-OH is 1. The van der Waals surface area contributed by atoms with Gasteiger partial charge in [0.15, 0.2) is 0 Å². The van der Waals surface area contributed by atoms with Crippen LogP contribution in [0.4, 0.5) is 0 Å². The summed E-state index contributed by atoms with van der Waals surface area (Å²) in [6.07, 6.45) is 2.07. The van der Waals surface area contributed by atoms with Crippen molar-refractivity contribution in [1.82, 2.24) is 4.31 Å². The molecule has 5 heteroatoms. The molecule has 0 saturated heterocycles. The van der Waals surface area contributed by atoms with Gasteiger partial charge in [0.05, 0.1) is 11.0 Å². The lowest BCUT2D eigenvalue weighted by molar-refractivity contribution is 0.151. The second kappa shape index (κ2) is 4.99. The van der Waals surface area contributed by atoms with Crippen LogP contribution in [0.2, 0.25) is 0 Å². The minimum atomic E-state index is -3.44. The first-order chi connectivity index (χ1) is 8.43. The SMILES string of the molecule is CN(C)S(=O)(=O)c1ccccc1CC(O)C1CC1. The summed E-state index contributed by atoms with van der Waals surface area (Å²) in [5.41, 5.74) is 0.700. The summed E-state index contributed by atoms with van der Waals surface area (Å²) in [5.74, 6) is 0.347. The van der Waals surface area contributed by atoms with Gasteiger partial charge in [-0.2, -0.15) is 0 Å². The molecule has 4 nitrogen and oxygen atoms in total. The van der Waals surface area contributed by atoms with Crippen LogP contribution in [0, 0.1) is 5.92 Å². The van der Waals surface area contributed by atoms with Crippen LogP contribution in [0.15, 0.2) is 29.2 Å². The number of benzene rings is 1. The zero-order valence-electron chi connectivity index (χ0n) is 10.7. The predicted molar refractivity (Wildman–Crippen MR) is 69.7 cm³/mol. The van der Waals surface area contributed by atoms with Crippen molar-refractivity contribution in [3.8, 4) is 0 Å². The molecular formula is C13H19NO3S. The smallest absolute Gasteiger partial charge is 0.242 e. The van der Waals surface area contributed by atoms with Gasteiger partial charge in [0.25, 0.3) is 0 Å². The normalized spacial score (nSPS) is 18.0. The van der Waals surface area contributed by atoms with Gasteiger partial charge in [-0.15, -0.1) is 0 Å². The Labute approximate surface area is 108 Å². The Kier molecular flexibility index (Phi) is 3.75. The van der Waals surface area contributed by atoms with Gasteiger partial charge in [0.2, 0.25) is 10.0 Å². The molecule has 0 bridgehead atoms. The molecule has 0 radical (unpaired) electrons. The number of sulfonamides is 1. The Hall–Kier alpha value is -0.910. The van der Waals surface area contributed by atoms with Gasteiger partial charge < -0.3 is 5.11 Å². The van der Waals surface area contributed by atoms with Crippen LogP contribution in [-0.4, -0.2) is 38.0 Å². The summed E-state index contributed by atoms with van der Waals surface area (Å²) in [7, 11) is -0.402. The molecule has 0 aromatic heterocycles. The van der Waals surface area contributed by atoms with Gasteiger partial charge in [-0.25, -0.2) is 12.7 Å². The van der Waals surface area contributed by atoms with Crippen molar-refractivity contribution in [2.75, 3.05) is 14.1 Å². The molecule has 18 heavy (non-hydrogen) atoms. The molecule has 1 aliphatic carbocycles. The van der Waals surface area contributed by atoms with E-state index in [9.17, 15) is 13.5 Å². The van der Waals surface area contributed by atoms with Crippen molar-refractivity contribution >= 4 is 10.0 Å². The quantitative estimate of drug-likeness (QED) is 0.875. The third-order valence-corrected chi connectivity index (χ3v) is 5.24. The van der Waals surface area contributed by atoms with E-state index in [0.29, 0.717) is 22.8 Å². The maximum Gasteiger partial charge on any atom is 0.242 e. The van der Waals surface area contributed by atoms with Gasteiger partial charge in [0, 0.05) is 14.1 Å². The average molecular weight is 269 g/mol. The molecule has 1 atom stereocenters. The highest BCUT2D eigenvalue weighted by molar-refractivity contribution is 7.89. The summed E-state index contributed by atoms with van der Waals surface area (Å²) in [6, 6.07) is 6.90. The van der Waals surface area contributed by atoms with Gasteiger partial charge in [-0.05, 0) is 36.8 Å². The zero-order valence-corrected chi connectivity index (χ0v) is 11.5. The van der Waals surface area contributed by atoms with Crippen LogP contribution in [0.5, 0.6) is 0 Å². The van der Waals surface area contributed by atoms with Crippen molar-refractivity contribution in [3.05, 3.63) is 29.8 Å². The van der Waals surface area contributed by atoms with E-state index in [1.807, 2.05) is 6.07 Å². The molecule has 1 aliphatic rings. The molecule has 1 fully saturated rings. The van der Waals surface area contributed by atoms with Crippen LogP contribution >= 0.6 is 0 Å². The van der Waals surface area contributed by atoms with Crippen LogP contribution < -0.4 is 0 Å². The summed E-state index contributed by atoms with van der Waals surface area (Å²) in [5, 5.41) is 9.96. The highest BCUT2D eigenvalue weighted by atomic mass is 32.2. The first kappa shape index (κ1) is 13.5. The van der Waals surface area contributed by atoms with E-state index in [2.05, 4.69) is 0 Å². The standard InChI is InChI=1S/C13H19NO3S/c1-14(2)18(16,17)13-6-4-3-5-11(13)9-12(15)10-7-8-10/h3-6,10,12,15H,7-9H2,1-2H3. The Bertz CT molecular complexity index is 521. The highest BCUT2D eigenvalue weighted by Crippen LogP contribution is 2.34. The van der Waals surface area contributed by atoms with E-state index >= 15 is 0 Å². The van der Waals surface area contributed by atoms with Gasteiger partial charge in [-0.1, -0.05) is 18.2 Å². The molecule has 1 aromatic carbocycles. The Morgan fingerprint density at radius 2 is 1.94 bits per heavy atom.